The van der Waals surface area contributed by atoms with Gasteiger partial charge in [0.25, 0.3) is 0 Å². The molecule has 0 saturated heterocycles. The molecule has 1 aromatic carbocycles. The minimum absolute atomic E-state index is 0.204. The smallest absolute Gasteiger partial charge is 0.137 e. The van der Waals surface area contributed by atoms with Gasteiger partial charge in [0.1, 0.15) is 17.4 Å². The third kappa shape index (κ3) is 5.39. The van der Waals surface area contributed by atoms with Crippen molar-refractivity contribution in [3.05, 3.63) is 46.0 Å². The normalized spacial score (nSPS) is 14.1. The minimum Gasteiger partial charge on any atom is -0.378 e. The summed E-state index contributed by atoms with van der Waals surface area (Å²) in [4.78, 5) is 12.5. The van der Waals surface area contributed by atoms with Gasteiger partial charge in [0.2, 0.25) is 0 Å². The van der Waals surface area contributed by atoms with Gasteiger partial charge in [-0.15, -0.1) is 10.2 Å². The van der Waals surface area contributed by atoms with Crippen molar-refractivity contribution in [2.24, 2.45) is 0 Å². The van der Waals surface area contributed by atoms with Crippen molar-refractivity contribution in [3.63, 3.8) is 0 Å². The molecule has 5 nitrogen and oxygen atoms in total. The Labute approximate surface area is 166 Å². The van der Waals surface area contributed by atoms with Gasteiger partial charge < -0.3 is 9.30 Å². The van der Waals surface area contributed by atoms with Crippen molar-refractivity contribution in [2.45, 2.75) is 71.4 Å². The standard InChI is InChI=1S/C21H28ClN3O2/c1-14(2)27-12-11-21-24-23-20(25(21)17-7-8-17)10-9-18(26)13-16-5-4-6-19(22)15(16)3/h4-6,14,17H,7-13H2,1-3H3. The number of Topliss-reactive ketones (excluding diaryl/α,β-unsaturated/α-hetero) is 1. The summed E-state index contributed by atoms with van der Waals surface area (Å²) >= 11 is 6.15. The highest BCUT2D eigenvalue weighted by Gasteiger charge is 2.29. The van der Waals surface area contributed by atoms with Gasteiger partial charge in [-0.1, -0.05) is 23.7 Å². The van der Waals surface area contributed by atoms with Gasteiger partial charge in [-0.3, -0.25) is 4.79 Å². The maximum Gasteiger partial charge on any atom is 0.137 e. The molecule has 0 spiro atoms. The summed E-state index contributed by atoms with van der Waals surface area (Å²) in [5.74, 6) is 2.11. The molecule has 0 bridgehead atoms. The zero-order valence-corrected chi connectivity index (χ0v) is 17.1. The van der Waals surface area contributed by atoms with E-state index in [-0.39, 0.29) is 11.9 Å². The maximum absolute atomic E-state index is 12.5. The molecule has 0 radical (unpaired) electrons. The molecule has 146 valence electrons. The molecule has 6 heteroatoms. The van der Waals surface area contributed by atoms with E-state index < -0.39 is 0 Å². The van der Waals surface area contributed by atoms with E-state index in [2.05, 4.69) is 14.8 Å². The lowest BCUT2D eigenvalue weighted by Gasteiger charge is -2.11. The van der Waals surface area contributed by atoms with Crippen LogP contribution in [-0.2, 0) is 28.8 Å². The van der Waals surface area contributed by atoms with Crippen LogP contribution in [-0.4, -0.2) is 33.3 Å². The van der Waals surface area contributed by atoms with Gasteiger partial charge in [-0.25, -0.2) is 0 Å². The summed E-state index contributed by atoms with van der Waals surface area (Å²) < 4.78 is 7.89. The molecule has 1 fully saturated rings. The number of ether oxygens (including phenoxy) is 1. The number of aryl methyl sites for hydroxylation is 1. The Hall–Kier alpha value is -1.72. The predicted octanol–water partition coefficient (Wildman–Crippen LogP) is 4.29. The molecule has 0 N–H and O–H groups in total. The Balaban J connectivity index is 1.59. The Morgan fingerprint density at radius 3 is 2.63 bits per heavy atom. The van der Waals surface area contributed by atoms with Crippen LogP contribution in [0.15, 0.2) is 18.2 Å². The Morgan fingerprint density at radius 2 is 1.96 bits per heavy atom. The van der Waals surface area contributed by atoms with Crippen LogP contribution in [0.1, 0.15) is 61.9 Å². The van der Waals surface area contributed by atoms with Crippen molar-refractivity contribution in [1.82, 2.24) is 14.8 Å². The largest absolute Gasteiger partial charge is 0.378 e. The third-order valence-corrected chi connectivity index (χ3v) is 5.33. The van der Waals surface area contributed by atoms with E-state index in [0.717, 1.165) is 29.2 Å². The lowest BCUT2D eigenvalue weighted by molar-refractivity contribution is -0.118. The number of carbonyl (C=O) groups excluding carboxylic acids is 1. The van der Waals surface area contributed by atoms with Crippen molar-refractivity contribution in [1.29, 1.82) is 0 Å². The fourth-order valence-corrected chi connectivity index (χ4v) is 3.43. The number of carbonyl (C=O) groups is 1. The molecular formula is C21H28ClN3O2. The molecule has 1 saturated carbocycles. The number of aromatic nitrogens is 3. The van der Waals surface area contributed by atoms with E-state index in [1.807, 2.05) is 39.0 Å². The number of hydrogen-bond donors (Lipinski definition) is 0. The summed E-state index contributed by atoms with van der Waals surface area (Å²) in [6.07, 6.45) is 4.83. The second-order valence-electron chi connectivity index (χ2n) is 7.54. The fraction of sp³-hybridized carbons (Fsp3) is 0.571. The van der Waals surface area contributed by atoms with Crippen LogP contribution in [0.5, 0.6) is 0 Å². The average molecular weight is 390 g/mol. The molecule has 0 aliphatic heterocycles. The van der Waals surface area contributed by atoms with Gasteiger partial charge in [-0.2, -0.15) is 0 Å². The monoisotopic (exact) mass is 389 g/mol. The molecule has 0 atom stereocenters. The zero-order valence-electron chi connectivity index (χ0n) is 16.4. The molecule has 1 aliphatic carbocycles. The van der Waals surface area contributed by atoms with Gasteiger partial charge >= 0.3 is 0 Å². The Morgan fingerprint density at radius 1 is 1.26 bits per heavy atom. The molecule has 2 aromatic rings. The maximum atomic E-state index is 12.5. The van der Waals surface area contributed by atoms with E-state index in [1.165, 1.54) is 12.8 Å². The zero-order chi connectivity index (χ0) is 19.4. The second-order valence-corrected chi connectivity index (χ2v) is 7.95. The summed E-state index contributed by atoms with van der Waals surface area (Å²) in [5, 5.41) is 9.45. The van der Waals surface area contributed by atoms with Gasteiger partial charge in [0.05, 0.1) is 12.7 Å². The van der Waals surface area contributed by atoms with Crippen LogP contribution in [0.3, 0.4) is 0 Å². The quantitative estimate of drug-likeness (QED) is 0.608. The van der Waals surface area contributed by atoms with Crippen LogP contribution in [0.2, 0.25) is 5.02 Å². The van der Waals surface area contributed by atoms with E-state index in [0.29, 0.717) is 36.9 Å². The number of hydrogen-bond acceptors (Lipinski definition) is 4. The number of rotatable bonds is 10. The molecule has 3 rings (SSSR count). The summed E-state index contributed by atoms with van der Waals surface area (Å²) in [6.45, 7) is 6.67. The molecule has 1 heterocycles. The first-order chi connectivity index (χ1) is 13.0. The predicted molar refractivity (Wildman–Crippen MR) is 106 cm³/mol. The van der Waals surface area contributed by atoms with Crippen LogP contribution < -0.4 is 0 Å². The van der Waals surface area contributed by atoms with E-state index in [9.17, 15) is 4.79 Å². The minimum atomic E-state index is 0.204. The highest BCUT2D eigenvalue weighted by molar-refractivity contribution is 6.31. The van der Waals surface area contributed by atoms with Crippen LogP contribution >= 0.6 is 11.6 Å². The summed E-state index contributed by atoms with van der Waals surface area (Å²) in [7, 11) is 0. The highest BCUT2D eigenvalue weighted by atomic mass is 35.5. The number of halogens is 1. The second kappa shape index (κ2) is 8.98. The fourth-order valence-electron chi connectivity index (χ4n) is 3.24. The molecule has 27 heavy (non-hydrogen) atoms. The molecule has 0 unspecified atom stereocenters. The topological polar surface area (TPSA) is 57.0 Å². The van der Waals surface area contributed by atoms with Crippen molar-refractivity contribution in [2.75, 3.05) is 6.61 Å². The Bertz CT molecular complexity index is 797. The number of benzene rings is 1. The molecule has 0 amide bonds. The SMILES string of the molecule is Cc1c(Cl)cccc1CC(=O)CCc1nnc(CCOC(C)C)n1C1CC1. The first-order valence-corrected chi connectivity index (χ1v) is 10.1. The van der Waals surface area contributed by atoms with Gasteiger partial charge in [-0.05, 0) is 50.8 Å². The van der Waals surface area contributed by atoms with Crippen LogP contribution in [0.4, 0.5) is 0 Å². The van der Waals surface area contributed by atoms with Crippen LogP contribution in [0.25, 0.3) is 0 Å². The van der Waals surface area contributed by atoms with E-state index in [4.69, 9.17) is 16.3 Å². The molecule has 1 aromatic heterocycles. The number of ketones is 1. The van der Waals surface area contributed by atoms with Crippen molar-refractivity contribution in [3.8, 4) is 0 Å². The Kier molecular flexibility index (Phi) is 6.66. The van der Waals surface area contributed by atoms with Crippen molar-refractivity contribution >= 4 is 17.4 Å². The molecular weight excluding hydrogens is 362 g/mol. The molecule has 1 aliphatic rings. The third-order valence-electron chi connectivity index (χ3n) is 4.92. The lowest BCUT2D eigenvalue weighted by atomic mass is 10.0. The summed E-state index contributed by atoms with van der Waals surface area (Å²) in [6, 6.07) is 6.22. The lowest BCUT2D eigenvalue weighted by Crippen LogP contribution is -2.13. The van der Waals surface area contributed by atoms with Gasteiger partial charge in [0, 0.05) is 36.7 Å². The first-order valence-electron chi connectivity index (χ1n) is 9.75. The van der Waals surface area contributed by atoms with Gasteiger partial charge in [0.15, 0.2) is 0 Å². The summed E-state index contributed by atoms with van der Waals surface area (Å²) in [5.41, 5.74) is 1.99. The average Bonchev–Trinajstić information content (AvgIpc) is 3.38. The van der Waals surface area contributed by atoms with Crippen LogP contribution in [0, 0.1) is 6.92 Å². The number of nitrogens with zero attached hydrogens (tertiary/aromatic N) is 3. The van der Waals surface area contributed by atoms with E-state index >= 15 is 0 Å². The highest BCUT2D eigenvalue weighted by Crippen LogP contribution is 2.37. The van der Waals surface area contributed by atoms with Crippen molar-refractivity contribution < 1.29 is 9.53 Å². The van der Waals surface area contributed by atoms with E-state index in [1.54, 1.807) is 0 Å². The first kappa shape index (κ1) is 20.0.